The fourth-order valence-corrected chi connectivity index (χ4v) is 0.755. The number of carbonyl (C=O) groups is 1. The Bertz CT molecular complexity index is 143. The maximum Gasteiger partial charge on any atom is 0.311 e. The number of ether oxygens (including phenoxy) is 3. The summed E-state index contributed by atoms with van der Waals surface area (Å²) in [4.78, 5) is 11.2. The lowest BCUT2D eigenvalue weighted by atomic mass is 10.3. The normalized spacial score (nSPS) is 13.0. The predicted octanol–water partition coefficient (Wildman–Crippen LogP) is 1.34. The van der Waals surface area contributed by atoms with Crippen LogP contribution >= 0.6 is 0 Å². The smallest absolute Gasteiger partial charge is 0.311 e. The van der Waals surface area contributed by atoms with Gasteiger partial charge in [0.1, 0.15) is 0 Å². The zero-order valence-corrected chi connectivity index (χ0v) is 8.70. The van der Waals surface area contributed by atoms with E-state index < -0.39 is 6.29 Å². The standard InChI is InChI=1S/C9H18O4/c1-5-7(2)13-8(10)6-9(11-3)12-4/h7,9H,5-6H2,1-4H3. The second-order valence-electron chi connectivity index (χ2n) is 2.81. The third kappa shape index (κ3) is 5.60. The van der Waals surface area contributed by atoms with Crippen molar-refractivity contribution in [1.29, 1.82) is 0 Å². The summed E-state index contributed by atoms with van der Waals surface area (Å²) in [6.07, 6.45) is 0.409. The summed E-state index contributed by atoms with van der Waals surface area (Å²) in [6.45, 7) is 3.81. The molecule has 0 saturated heterocycles. The molecular formula is C9H18O4. The zero-order chi connectivity index (χ0) is 10.3. The largest absolute Gasteiger partial charge is 0.463 e. The van der Waals surface area contributed by atoms with Crippen LogP contribution in [0.2, 0.25) is 0 Å². The van der Waals surface area contributed by atoms with Crippen LogP contribution in [0.4, 0.5) is 0 Å². The summed E-state index contributed by atoms with van der Waals surface area (Å²) in [7, 11) is 2.98. The molecule has 0 saturated carbocycles. The van der Waals surface area contributed by atoms with Crippen LogP contribution in [0, 0.1) is 0 Å². The molecule has 0 radical (unpaired) electrons. The van der Waals surface area contributed by atoms with Crippen molar-refractivity contribution in [2.45, 2.75) is 39.1 Å². The third-order valence-electron chi connectivity index (χ3n) is 1.77. The van der Waals surface area contributed by atoms with Crippen LogP contribution in [-0.4, -0.2) is 32.6 Å². The minimum Gasteiger partial charge on any atom is -0.463 e. The maximum absolute atomic E-state index is 11.2. The Labute approximate surface area is 79.2 Å². The van der Waals surface area contributed by atoms with Gasteiger partial charge in [-0.3, -0.25) is 4.79 Å². The molecule has 1 unspecified atom stereocenters. The summed E-state index contributed by atoms with van der Waals surface area (Å²) in [5, 5.41) is 0. The highest BCUT2D eigenvalue weighted by atomic mass is 16.7. The van der Waals surface area contributed by atoms with Crippen molar-refractivity contribution in [3.8, 4) is 0 Å². The fraction of sp³-hybridized carbons (Fsp3) is 0.889. The molecule has 0 rings (SSSR count). The van der Waals surface area contributed by atoms with Gasteiger partial charge >= 0.3 is 5.97 Å². The van der Waals surface area contributed by atoms with E-state index in [4.69, 9.17) is 14.2 Å². The maximum atomic E-state index is 11.2. The molecule has 0 bridgehead atoms. The quantitative estimate of drug-likeness (QED) is 0.468. The van der Waals surface area contributed by atoms with Gasteiger partial charge in [-0.1, -0.05) is 6.92 Å². The molecule has 0 spiro atoms. The molecule has 0 N–H and O–H groups in total. The molecule has 4 nitrogen and oxygen atoms in total. The molecule has 0 aliphatic rings. The number of carbonyl (C=O) groups excluding carboxylic acids is 1. The van der Waals surface area contributed by atoms with Crippen LogP contribution in [0.1, 0.15) is 26.7 Å². The molecule has 0 aromatic carbocycles. The highest BCUT2D eigenvalue weighted by molar-refractivity contribution is 5.69. The molecule has 0 fully saturated rings. The summed E-state index contributed by atoms with van der Waals surface area (Å²) < 4.78 is 14.8. The molecule has 0 heterocycles. The van der Waals surface area contributed by atoms with Gasteiger partial charge in [0.15, 0.2) is 6.29 Å². The fourth-order valence-electron chi connectivity index (χ4n) is 0.755. The number of hydrogen-bond donors (Lipinski definition) is 0. The molecule has 0 amide bonds. The second kappa shape index (κ2) is 6.86. The Morgan fingerprint density at radius 2 is 1.85 bits per heavy atom. The number of rotatable bonds is 6. The van der Waals surface area contributed by atoms with E-state index in [2.05, 4.69) is 0 Å². The molecule has 1 atom stereocenters. The lowest BCUT2D eigenvalue weighted by molar-refractivity contribution is -0.163. The average molecular weight is 190 g/mol. The van der Waals surface area contributed by atoms with Gasteiger partial charge in [0.2, 0.25) is 0 Å². The first-order valence-electron chi connectivity index (χ1n) is 4.39. The van der Waals surface area contributed by atoms with Gasteiger partial charge < -0.3 is 14.2 Å². The average Bonchev–Trinajstić information content (AvgIpc) is 2.13. The molecule has 0 aromatic heterocycles. The highest BCUT2D eigenvalue weighted by Crippen LogP contribution is 2.03. The minimum absolute atomic E-state index is 0.0399. The topological polar surface area (TPSA) is 44.8 Å². The number of esters is 1. The molecule has 4 heteroatoms. The Hall–Kier alpha value is -0.610. The van der Waals surface area contributed by atoms with Gasteiger partial charge in [0, 0.05) is 14.2 Å². The number of methoxy groups -OCH3 is 2. The van der Waals surface area contributed by atoms with E-state index in [9.17, 15) is 4.79 Å². The molecule has 13 heavy (non-hydrogen) atoms. The van der Waals surface area contributed by atoms with Gasteiger partial charge in [-0.25, -0.2) is 0 Å². The van der Waals surface area contributed by atoms with Gasteiger partial charge in [-0.2, -0.15) is 0 Å². The van der Waals surface area contributed by atoms with E-state index in [1.54, 1.807) is 0 Å². The Morgan fingerprint density at radius 1 is 1.31 bits per heavy atom. The van der Waals surface area contributed by atoms with Crippen molar-refractivity contribution in [3.05, 3.63) is 0 Å². The van der Waals surface area contributed by atoms with Crippen molar-refractivity contribution in [3.63, 3.8) is 0 Å². The summed E-state index contributed by atoms with van der Waals surface area (Å²) in [5.74, 6) is -0.289. The van der Waals surface area contributed by atoms with Crippen molar-refractivity contribution in [2.24, 2.45) is 0 Å². The Morgan fingerprint density at radius 3 is 2.23 bits per heavy atom. The van der Waals surface area contributed by atoms with Crippen molar-refractivity contribution >= 4 is 5.97 Å². The van der Waals surface area contributed by atoms with Crippen molar-refractivity contribution in [1.82, 2.24) is 0 Å². The second-order valence-corrected chi connectivity index (χ2v) is 2.81. The first-order chi connectivity index (χ1) is 6.13. The molecule has 0 aromatic rings. The monoisotopic (exact) mass is 190 g/mol. The van der Waals surface area contributed by atoms with Gasteiger partial charge in [-0.15, -0.1) is 0 Å². The predicted molar refractivity (Wildman–Crippen MR) is 48.3 cm³/mol. The van der Waals surface area contributed by atoms with E-state index in [1.807, 2.05) is 13.8 Å². The van der Waals surface area contributed by atoms with Crippen LogP contribution in [0.3, 0.4) is 0 Å². The minimum atomic E-state index is -0.503. The van der Waals surface area contributed by atoms with Gasteiger partial charge in [0.25, 0.3) is 0 Å². The summed E-state index contributed by atoms with van der Waals surface area (Å²) >= 11 is 0. The first kappa shape index (κ1) is 12.4. The van der Waals surface area contributed by atoms with Crippen LogP contribution in [0.25, 0.3) is 0 Å². The SMILES string of the molecule is CCC(C)OC(=O)CC(OC)OC. The van der Waals surface area contributed by atoms with E-state index >= 15 is 0 Å². The lowest BCUT2D eigenvalue weighted by Crippen LogP contribution is -2.22. The highest BCUT2D eigenvalue weighted by Gasteiger charge is 2.14. The Balaban J connectivity index is 3.72. The van der Waals surface area contributed by atoms with E-state index in [-0.39, 0.29) is 18.5 Å². The molecule has 0 aliphatic heterocycles. The van der Waals surface area contributed by atoms with Crippen molar-refractivity contribution in [2.75, 3.05) is 14.2 Å². The third-order valence-corrected chi connectivity index (χ3v) is 1.77. The van der Waals surface area contributed by atoms with E-state index in [0.29, 0.717) is 0 Å². The molecular weight excluding hydrogens is 172 g/mol. The van der Waals surface area contributed by atoms with E-state index in [1.165, 1.54) is 14.2 Å². The zero-order valence-electron chi connectivity index (χ0n) is 8.70. The van der Waals surface area contributed by atoms with Crippen LogP contribution in [0.15, 0.2) is 0 Å². The van der Waals surface area contributed by atoms with Gasteiger partial charge in [0.05, 0.1) is 12.5 Å². The van der Waals surface area contributed by atoms with Crippen LogP contribution in [-0.2, 0) is 19.0 Å². The first-order valence-corrected chi connectivity index (χ1v) is 4.39. The Kier molecular flexibility index (Phi) is 6.54. The van der Waals surface area contributed by atoms with Gasteiger partial charge in [-0.05, 0) is 13.3 Å². The van der Waals surface area contributed by atoms with Crippen LogP contribution < -0.4 is 0 Å². The van der Waals surface area contributed by atoms with E-state index in [0.717, 1.165) is 6.42 Å². The number of hydrogen-bond acceptors (Lipinski definition) is 4. The molecule has 78 valence electrons. The lowest BCUT2D eigenvalue weighted by Gasteiger charge is -2.15. The van der Waals surface area contributed by atoms with Crippen LogP contribution in [0.5, 0.6) is 0 Å². The molecule has 0 aliphatic carbocycles. The summed E-state index contributed by atoms with van der Waals surface area (Å²) in [5.41, 5.74) is 0. The summed E-state index contributed by atoms with van der Waals surface area (Å²) in [6, 6.07) is 0. The van der Waals surface area contributed by atoms with Crippen molar-refractivity contribution < 1.29 is 19.0 Å².